The van der Waals surface area contributed by atoms with Gasteiger partial charge < -0.3 is 15.2 Å². The number of fused-ring (bicyclic) bond motifs is 2. The molecule has 3 heterocycles. The van der Waals surface area contributed by atoms with Crippen molar-refractivity contribution in [2.45, 2.75) is 19.5 Å². The van der Waals surface area contributed by atoms with E-state index in [4.69, 9.17) is 9.97 Å². The summed E-state index contributed by atoms with van der Waals surface area (Å²) in [7, 11) is 4.22. The molecule has 0 unspecified atom stereocenters. The molecule has 2 aromatic carbocycles. The molecule has 2 aromatic heterocycles. The first-order valence-electron chi connectivity index (χ1n) is 12.3. The number of para-hydroxylation sites is 2. The van der Waals surface area contributed by atoms with Crippen LogP contribution in [-0.2, 0) is 13.1 Å². The Morgan fingerprint density at radius 2 is 1.71 bits per heavy atom. The number of rotatable bonds is 9. The van der Waals surface area contributed by atoms with Gasteiger partial charge in [-0.05, 0) is 56.2 Å². The average Bonchev–Trinajstić information content (AvgIpc) is 3.33. The third kappa shape index (κ3) is 5.38. The Balaban J connectivity index is 1.21. The second kappa shape index (κ2) is 10.5. The minimum absolute atomic E-state index is 0.789. The zero-order valence-corrected chi connectivity index (χ0v) is 20.3. The van der Waals surface area contributed by atoms with Gasteiger partial charge in [0.25, 0.3) is 0 Å². The van der Waals surface area contributed by atoms with E-state index in [1.54, 1.807) is 0 Å². The van der Waals surface area contributed by atoms with Crippen molar-refractivity contribution in [3.05, 3.63) is 66.1 Å². The molecule has 0 aliphatic carbocycles. The summed E-state index contributed by atoms with van der Waals surface area (Å²) in [6, 6.07) is 17.0. The van der Waals surface area contributed by atoms with Gasteiger partial charge in [0.05, 0.1) is 12.1 Å². The molecule has 0 bridgehead atoms. The number of hydrogen-bond acceptors (Lipinski definition) is 6. The molecule has 1 aliphatic rings. The number of benzene rings is 2. The fourth-order valence-electron chi connectivity index (χ4n) is 4.76. The van der Waals surface area contributed by atoms with Crippen LogP contribution >= 0.6 is 0 Å². The van der Waals surface area contributed by atoms with E-state index in [-0.39, 0.29) is 0 Å². The fraction of sp³-hybridized carbons (Fsp3) is 0.407. The summed E-state index contributed by atoms with van der Waals surface area (Å²) in [5.41, 5.74) is 3.65. The van der Waals surface area contributed by atoms with Gasteiger partial charge in [-0.2, -0.15) is 0 Å². The lowest BCUT2D eigenvalue weighted by Gasteiger charge is -2.34. The third-order valence-electron chi connectivity index (χ3n) is 6.62. The van der Waals surface area contributed by atoms with Crippen LogP contribution in [0.15, 0.2) is 54.7 Å². The molecule has 1 fully saturated rings. The topological polar surface area (TPSA) is 63.3 Å². The molecule has 0 radical (unpaired) electrons. The van der Waals surface area contributed by atoms with Gasteiger partial charge in [0, 0.05) is 56.4 Å². The van der Waals surface area contributed by atoms with E-state index in [9.17, 15) is 0 Å². The molecule has 4 aromatic rings. The maximum Gasteiger partial charge on any atom is 0.145 e. The first-order chi connectivity index (χ1) is 16.7. The maximum absolute atomic E-state index is 4.93. The summed E-state index contributed by atoms with van der Waals surface area (Å²) in [5, 5.41) is 5.94. The van der Waals surface area contributed by atoms with Gasteiger partial charge in [-0.1, -0.05) is 30.3 Å². The van der Waals surface area contributed by atoms with Crippen molar-refractivity contribution in [1.29, 1.82) is 0 Å². The Morgan fingerprint density at radius 3 is 2.53 bits per heavy atom. The van der Waals surface area contributed by atoms with Crippen molar-refractivity contribution in [3.63, 3.8) is 0 Å². The van der Waals surface area contributed by atoms with E-state index in [0.717, 1.165) is 81.3 Å². The first-order valence-corrected chi connectivity index (χ1v) is 12.3. The van der Waals surface area contributed by atoms with Crippen LogP contribution in [0.5, 0.6) is 0 Å². The second-order valence-electron chi connectivity index (χ2n) is 9.50. The SMILES string of the molecule is CN(C)CCCNc1nc(CN2CCN(Cc3cccc4cc[nH]c34)CC2)nc2ccccc12. The number of nitrogens with one attached hydrogen (secondary N) is 2. The highest BCUT2D eigenvalue weighted by molar-refractivity contribution is 5.89. The summed E-state index contributed by atoms with van der Waals surface area (Å²) >= 11 is 0. The standard InChI is InChI=1S/C27H35N7/c1-32(2)14-6-12-29-27-23-9-3-4-10-24(23)30-25(31-27)20-34-17-15-33(16-18-34)19-22-8-5-7-21-11-13-28-26(21)22/h3-5,7-11,13,28H,6,12,14-20H2,1-2H3,(H,29,30,31). The highest BCUT2D eigenvalue weighted by Gasteiger charge is 2.19. The molecule has 1 saturated heterocycles. The van der Waals surface area contributed by atoms with Crippen LogP contribution in [0.1, 0.15) is 17.8 Å². The number of piperazine rings is 1. The van der Waals surface area contributed by atoms with Gasteiger partial charge in [-0.15, -0.1) is 0 Å². The van der Waals surface area contributed by atoms with Crippen LogP contribution in [0, 0.1) is 0 Å². The van der Waals surface area contributed by atoms with Crippen LogP contribution in [0.25, 0.3) is 21.8 Å². The lowest BCUT2D eigenvalue weighted by Crippen LogP contribution is -2.45. The summed E-state index contributed by atoms with van der Waals surface area (Å²) in [6.45, 7) is 7.92. The molecule has 2 N–H and O–H groups in total. The molecule has 7 heteroatoms. The lowest BCUT2D eigenvalue weighted by molar-refractivity contribution is 0.120. The third-order valence-corrected chi connectivity index (χ3v) is 6.62. The molecule has 34 heavy (non-hydrogen) atoms. The van der Waals surface area contributed by atoms with Crippen molar-refractivity contribution in [1.82, 2.24) is 29.7 Å². The van der Waals surface area contributed by atoms with Crippen LogP contribution in [0.3, 0.4) is 0 Å². The molecular formula is C27H35N7. The second-order valence-corrected chi connectivity index (χ2v) is 9.50. The highest BCUT2D eigenvalue weighted by atomic mass is 15.3. The Bertz CT molecular complexity index is 1220. The molecule has 7 nitrogen and oxygen atoms in total. The van der Waals surface area contributed by atoms with E-state index in [2.05, 4.69) is 87.6 Å². The minimum atomic E-state index is 0.789. The summed E-state index contributed by atoms with van der Waals surface area (Å²) in [4.78, 5) is 20.5. The van der Waals surface area contributed by atoms with Crippen molar-refractivity contribution < 1.29 is 0 Å². The van der Waals surface area contributed by atoms with Crippen LogP contribution in [-0.4, -0.2) is 83.0 Å². The summed E-state index contributed by atoms with van der Waals surface area (Å²) < 4.78 is 0. The maximum atomic E-state index is 4.93. The normalized spacial score (nSPS) is 15.5. The van der Waals surface area contributed by atoms with E-state index in [0.29, 0.717) is 0 Å². The van der Waals surface area contributed by atoms with Crippen LogP contribution < -0.4 is 5.32 Å². The predicted molar refractivity (Wildman–Crippen MR) is 140 cm³/mol. The Labute approximate surface area is 201 Å². The predicted octanol–water partition coefficient (Wildman–Crippen LogP) is 3.79. The van der Waals surface area contributed by atoms with E-state index in [1.807, 2.05) is 6.20 Å². The Hall–Kier alpha value is -3.00. The first kappa shape index (κ1) is 22.8. The summed E-state index contributed by atoms with van der Waals surface area (Å²) in [5.74, 6) is 1.86. The number of aromatic amines is 1. The zero-order chi connectivity index (χ0) is 23.3. The largest absolute Gasteiger partial charge is 0.369 e. The average molecular weight is 458 g/mol. The molecule has 0 spiro atoms. The van der Waals surface area contributed by atoms with E-state index < -0.39 is 0 Å². The Morgan fingerprint density at radius 1 is 0.912 bits per heavy atom. The number of hydrogen-bond donors (Lipinski definition) is 2. The van der Waals surface area contributed by atoms with Gasteiger partial charge in [0.15, 0.2) is 0 Å². The molecule has 5 rings (SSSR count). The molecule has 0 amide bonds. The quantitative estimate of drug-likeness (QED) is 0.373. The number of nitrogens with zero attached hydrogens (tertiary/aromatic N) is 5. The van der Waals surface area contributed by atoms with Gasteiger partial charge in [0.1, 0.15) is 11.6 Å². The van der Waals surface area contributed by atoms with Crippen molar-refractivity contribution in [2.24, 2.45) is 0 Å². The molecule has 1 aliphatic heterocycles. The van der Waals surface area contributed by atoms with Gasteiger partial charge >= 0.3 is 0 Å². The van der Waals surface area contributed by atoms with Crippen molar-refractivity contribution in [2.75, 3.05) is 58.7 Å². The Kier molecular flexibility index (Phi) is 7.04. The molecule has 0 saturated carbocycles. The van der Waals surface area contributed by atoms with Gasteiger partial charge in [-0.25, -0.2) is 9.97 Å². The smallest absolute Gasteiger partial charge is 0.145 e. The fourth-order valence-corrected chi connectivity index (χ4v) is 4.76. The molecular weight excluding hydrogens is 422 g/mol. The highest BCUT2D eigenvalue weighted by Crippen LogP contribution is 2.22. The summed E-state index contributed by atoms with van der Waals surface area (Å²) in [6.07, 6.45) is 3.11. The lowest BCUT2D eigenvalue weighted by atomic mass is 10.1. The van der Waals surface area contributed by atoms with E-state index >= 15 is 0 Å². The molecule has 178 valence electrons. The number of aromatic nitrogens is 3. The zero-order valence-electron chi connectivity index (χ0n) is 20.3. The van der Waals surface area contributed by atoms with Crippen molar-refractivity contribution >= 4 is 27.6 Å². The van der Waals surface area contributed by atoms with Crippen molar-refractivity contribution in [3.8, 4) is 0 Å². The number of H-pyrrole nitrogens is 1. The monoisotopic (exact) mass is 457 g/mol. The molecule has 0 atom stereocenters. The van der Waals surface area contributed by atoms with Crippen LogP contribution in [0.4, 0.5) is 5.82 Å². The van der Waals surface area contributed by atoms with Gasteiger partial charge in [0.2, 0.25) is 0 Å². The number of anilines is 1. The van der Waals surface area contributed by atoms with Crippen LogP contribution in [0.2, 0.25) is 0 Å². The van der Waals surface area contributed by atoms with Gasteiger partial charge in [-0.3, -0.25) is 9.80 Å². The van der Waals surface area contributed by atoms with E-state index in [1.165, 1.54) is 16.5 Å². The minimum Gasteiger partial charge on any atom is -0.369 e.